The van der Waals surface area contributed by atoms with Crippen LogP contribution in [-0.4, -0.2) is 47.0 Å². The average Bonchev–Trinajstić information content (AvgIpc) is 3.01. The molecule has 0 unspecified atom stereocenters. The molecule has 1 saturated heterocycles. The van der Waals surface area contributed by atoms with Crippen molar-refractivity contribution in [1.29, 1.82) is 0 Å². The van der Waals surface area contributed by atoms with Crippen LogP contribution in [0, 0.1) is 0 Å². The smallest absolute Gasteiger partial charge is 0.281 e. The first kappa shape index (κ1) is 17.1. The summed E-state index contributed by atoms with van der Waals surface area (Å²) in [5, 5.41) is 3.21. The van der Waals surface area contributed by atoms with Crippen LogP contribution in [0.2, 0.25) is 0 Å². The summed E-state index contributed by atoms with van der Waals surface area (Å²) in [5.41, 5.74) is 0. The monoisotopic (exact) mass is 348 g/mol. The molecule has 2 atom stereocenters. The molecule has 1 N–H and O–H groups in total. The van der Waals surface area contributed by atoms with E-state index in [9.17, 15) is 9.59 Å². The molecule has 2 aliphatic rings. The first-order chi connectivity index (χ1) is 11.7. The van der Waals surface area contributed by atoms with Gasteiger partial charge in [0.05, 0.1) is 6.04 Å². The van der Waals surface area contributed by atoms with E-state index in [0.29, 0.717) is 13.0 Å². The van der Waals surface area contributed by atoms with Crippen molar-refractivity contribution < 1.29 is 14.3 Å². The van der Waals surface area contributed by atoms with Crippen molar-refractivity contribution >= 4 is 22.9 Å². The Morgan fingerprint density at radius 2 is 2.04 bits per heavy atom. The molecule has 0 aromatic heterocycles. The van der Waals surface area contributed by atoms with E-state index in [2.05, 4.69) is 5.32 Å². The number of hydrogen-bond donors (Lipinski definition) is 1. The molecule has 0 bridgehead atoms. The Morgan fingerprint density at radius 3 is 2.79 bits per heavy atom. The third-order valence-corrected chi connectivity index (χ3v) is 5.43. The number of nitrogens with one attached hydrogen (secondary N) is 1. The molecule has 2 fully saturated rings. The molecule has 1 aliphatic carbocycles. The maximum Gasteiger partial charge on any atom is 0.281 e. The van der Waals surface area contributed by atoms with E-state index >= 15 is 0 Å². The predicted octanol–water partition coefficient (Wildman–Crippen LogP) is 3.05. The number of para-hydroxylation sites is 1. The summed E-state index contributed by atoms with van der Waals surface area (Å²) in [4.78, 5) is 25.6. The molecule has 1 heterocycles. The second kappa shape index (κ2) is 8.42. The van der Waals surface area contributed by atoms with Crippen LogP contribution in [0.15, 0.2) is 30.3 Å². The van der Waals surface area contributed by atoms with Crippen LogP contribution in [0.3, 0.4) is 0 Å². The van der Waals surface area contributed by atoms with Crippen molar-refractivity contribution in [1.82, 2.24) is 10.2 Å². The van der Waals surface area contributed by atoms with Crippen molar-refractivity contribution in [3.63, 3.8) is 0 Å². The van der Waals surface area contributed by atoms with Crippen LogP contribution in [-0.2, 0) is 4.79 Å². The number of carbonyl (C=O) groups is 2. The summed E-state index contributed by atoms with van der Waals surface area (Å²) in [6.07, 6.45) is 4.53. The van der Waals surface area contributed by atoms with Gasteiger partial charge in [-0.05, 0) is 31.4 Å². The Labute approximate surface area is 147 Å². The molecule has 5 nitrogen and oxygen atoms in total. The van der Waals surface area contributed by atoms with Gasteiger partial charge in [0, 0.05) is 25.3 Å². The largest absolute Gasteiger partial charge is 0.488 e. The van der Waals surface area contributed by atoms with E-state index in [1.54, 1.807) is 4.90 Å². The lowest BCUT2D eigenvalue weighted by molar-refractivity contribution is -0.123. The lowest BCUT2D eigenvalue weighted by Gasteiger charge is -2.32. The van der Waals surface area contributed by atoms with Gasteiger partial charge in [0.15, 0.2) is 0 Å². The van der Waals surface area contributed by atoms with Gasteiger partial charge in [-0.15, -0.1) is 0 Å². The zero-order chi connectivity index (χ0) is 16.8. The number of nitrogens with zero attached hydrogens (tertiary/aromatic N) is 1. The summed E-state index contributed by atoms with van der Waals surface area (Å²) >= 11 is 1.33. The molecule has 130 valence electrons. The SMILES string of the molecule is O=C(CCN1CCSC1=O)N[C@H]1CCCC[C@H]1Oc1ccccc1. The van der Waals surface area contributed by atoms with Crippen LogP contribution in [0.5, 0.6) is 5.75 Å². The van der Waals surface area contributed by atoms with Crippen LogP contribution < -0.4 is 10.1 Å². The first-order valence-electron chi connectivity index (χ1n) is 8.65. The average molecular weight is 348 g/mol. The van der Waals surface area contributed by atoms with E-state index in [0.717, 1.165) is 43.7 Å². The molecule has 1 aliphatic heterocycles. The molecular weight excluding hydrogens is 324 g/mol. The third kappa shape index (κ3) is 4.66. The molecule has 2 amide bonds. The number of ether oxygens (including phenoxy) is 1. The molecule has 1 aromatic carbocycles. The number of benzene rings is 1. The van der Waals surface area contributed by atoms with E-state index < -0.39 is 0 Å². The van der Waals surface area contributed by atoms with Gasteiger partial charge in [-0.25, -0.2) is 0 Å². The highest BCUT2D eigenvalue weighted by Crippen LogP contribution is 2.24. The predicted molar refractivity (Wildman–Crippen MR) is 95.3 cm³/mol. The van der Waals surface area contributed by atoms with Gasteiger partial charge >= 0.3 is 0 Å². The number of rotatable bonds is 6. The highest BCUT2D eigenvalue weighted by molar-refractivity contribution is 8.13. The summed E-state index contributed by atoms with van der Waals surface area (Å²) < 4.78 is 6.08. The van der Waals surface area contributed by atoms with Gasteiger partial charge in [0.1, 0.15) is 11.9 Å². The fourth-order valence-electron chi connectivity index (χ4n) is 3.22. The van der Waals surface area contributed by atoms with E-state index in [4.69, 9.17) is 4.74 Å². The summed E-state index contributed by atoms with van der Waals surface area (Å²) in [6, 6.07) is 9.82. The highest BCUT2D eigenvalue weighted by Gasteiger charge is 2.28. The maximum absolute atomic E-state index is 12.3. The van der Waals surface area contributed by atoms with E-state index in [-0.39, 0.29) is 23.3 Å². The van der Waals surface area contributed by atoms with Crippen LogP contribution in [0.4, 0.5) is 4.79 Å². The Hall–Kier alpha value is -1.69. The highest BCUT2D eigenvalue weighted by atomic mass is 32.2. The number of thioether (sulfide) groups is 1. The van der Waals surface area contributed by atoms with Crippen molar-refractivity contribution in [2.45, 2.75) is 44.2 Å². The minimum absolute atomic E-state index is 0.00765. The van der Waals surface area contributed by atoms with E-state index in [1.807, 2.05) is 30.3 Å². The third-order valence-electron chi connectivity index (χ3n) is 4.53. The Balaban J connectivity index is 1.49. The number of carbonyl (C=O) groups excluding carboxylic acids is 2. The van der Waals surface area contributed by atoms with Gasteiger partial charge in [0.25, 0.3) is 5.24 Å². The Morgan fingerprint density at radius 1 is 1.25 bits per heavy atom. The van der Waals surface area contributed by atoms with Gasteiger partial charge in [-0.3, -0.25) is 9.59 Å². The van der Waals surface area contributed by atoms with Gasteiger partial charge in [-0.1, -0.05) is 36.4 Å². The van der Waals surface area contributed by atoms with E-state index in [1.165, 1.54) is 11.8 Å². The zero-order valence-electron chi connectivity index (χ0n) is 13.8. The zero-order valence-corrected chi connectivity index (χ0v) is 14.6. The summed E-state index contributed by atoms with van der Waals surface area (Å²) in [6.45, 7) is 1.26. The van der Waals surface area contributed by atoms with Crippen molar-refractivity contribution in [2.24, 2.45) is 0 Å². The molecule has 3 rings (SSSR count). The molecule has 24 heavy (non-hydrogen) atoms. The summed E-state index contributed by atoms with van der Waals surface area (Å²) in [7, 11) is 0. The van der Waals surface area contributed by atoms with Gasteiger partial charge in [-0.2, -0.15) is 0 Å². The van der Waals surface area contributed by atoms with Crippen molar-refractivity contribution in [3.8, 4) is 5.75 Å². The minimum Gasteiger partial charge on any atom is -0.488 e. The number of amides is 2. The molecule has 6 heteroatoms. The van der Waals surface area contributed by atoms with Crippen LogP contribution in [0.1, 0.15) is 32.1 Å². The molecule has 1 saturated carbocycles. The molecular formula is C18H24N2O3S. The second-order valence-corrected chi connectivity index (χ2v) is 7.33. The molecule has 0 radical (unpaired) electrons. The quantitative estimate of drug-likeness (QED) is 0.858. The van der Waals surface area contributed by atoms with Crippen molar-refractivity contribution in [3.05, 3.63) is 30.3 Å². The normalized spacial score (nSPS) is 24.0. The van der Waals surface area contributed by atoms with Gasteiger partial charge < -0.3 is 15.0 Å². The van der Waals surface area contributed by atoms with Crippen LogP contribution in [0.25, 0.3) is 0 Å². The number of hydrogen-bond acceptors (Lipinski definition) is 4. The lowest BCUT2D eigenvalue weighted by Crippen LogP contribution is -2.48. The second-order valence-electron chi connectivity index (χ2n) is 6.28. The Bertz CT molecular complexity index is 567. The molecule has 0 spiro atoms. The fraction of sp³-hybridized carbons (Fsp3) is 0.556. The maximum atomic E-state index is 12.3. The minimum atomic E-state index is 0.00765. The Kier molecular flexibility index (Phi) is 6.01. The fourth-order valence-corrected chi connectivity index (χ4v) is 4.07. The molecule has 1 aromatic rings. The van der Waals surface area contributed by atoms with Crippen LogP contribution >= 0.6 is 11.8 Å². The van der Waals surface area contributed by atoms with Crippen molar-refractivity contribution in [2.75, 3.05) is 18.8 Å². The van der Waals surface area contributed by atoms with Gasteiger partial charge in [0.2, 0.25) is 5.91 Å². The lowest BCUT2D eigenvalue weighted by atomic mass is 9.92. The standard InChI is InChI=1S/C18H24N2O3S/c21-17(10-11-20-12-13-24-18(20)22)19-15-8-4-5-9-16(15)23-14-6-2-1-3-7-14/h1-3,6-7,15-16H,4-5,8-13H2,(H,19,21)/t15-,16+/m0/s1. The topological polar surface area (TPSA) is 58.6 Å². The summed E-state index contributed by atoms with van der Waals surface area (Å²) in [5.74, 6) is 1.69. The first-order valence-corrected chi connectivity index (χ1v) is 9.64.